The van der Waals surface area contributed by atoms with Gasteiger partial charge in [-0.15, -0.1) is 0 Å². The number of pyridine rings is 1. The zero-order valence-electron chi connectivity index (χ0n) is 24.3. The average Bonchev–Trinajstić information content (AvgIpc) is 3.40. The first-order valence-electron chi connectivity index (χ1n) is 14.1. The molecule has 2 aliphatic rings. The number of rotatable bonds is 6. The molecule has 1 aliphatic carbocycles. The Kier molecular flexibility index (Phi) is 7.45. The molecule has 3 heterocycles. The molecule has 4 aromatic rings. The van der Waals surface area contributed by atoms with Crippen LogP contribution >= 0.6 is 11.6 Å². The number of amides is 1. The number of benzene rings is 2. The molecule has 1 unspecified atom stereocenters. The third-order valence-corrected chi connectivity index (χ3v) is 8.90. The van der Waals surface area contributed by atoms with Crippen molar-refractivity contribution in [3.8, 4) is 28.3 Å². The maximum atomic E-state index is 13.1. The van der Waals surface area contributed by atoms with Gasteiger partial charge in [-0.2, -0.15) is 0 Å². The molecule has 222 valence electrons. The summed E-state index contributed by atoms with van der Waals surface area (Å²) in [5.41, 5.74) is 5.23. The van der Waals surface area contributed by atoms with E-state index in [4.69, 9.17) is 21.3 Å². The van der Waals surface area contributed by atoms with Gasteiger partial charge in [0.15, 0.2) is 0 Å². The van der Waals surface area contributed by atoms with Gasteiger partial charge in [0.05, 0.1) is 23.9 Å². The molecule has 1 aliphatic heterocycles. The highest BCUT2D eigenvalue weighted by atomic mass is 35.5. The molecule has 1 fully saturated rings. The number of likely N-dealkylation sites (tertiary alicyclic amines) is 1. The smallest absolute Gasteiger partial charge is 0.330 e. The van der Waals surface area contributed by atoms with Crippen molar-refractivity contribution in [3.05, 3.63) is 96.8 Å². The summed E-state index contributed by atoms with van der Waals surface area (Å²) in [7, 11) is 4.45. The van der Waals surface area contributed by atoms with Crippen molar-refractivity contribution in [2.75, 3.05) is 25.5 Å². The minimum Gasteiger partial charge on any atom is -0.481 e. The van der Waals surface area contributed by atoms with E-state index in [1.807, 2.05) is 37.3 Å². The van der Waals surface area contributed by atoms with E-state index >= 15 is 0 Å². The maximum Gasteiger partial charge on any atom is 0.330 e. The van der Waals surface area contributed by atoms with Crippen LogP contribution in [-0.2, 0) is 20.5 Å². The highest BCUT2D eigenvalue weighted by molar-refractivity contribution is 6.36. The van der Waals surface area contributed by atoms with E-state index in [2.05, 4.69) is 16.3 Å². The van der Waals surface area contributed by atoms with Gasteiger partial charge in [-0.05, 0) is 48.6 Å². The van der Waals surface area contributed by atoms with Crippen LogP contribution in [0.2, 0.25) is 5.02 Å². The lowest BCUT2D eigenvalue weighted by molar-refractivity contribution is -0.0256. The first-order chi connectivity index (χ1) is 20.6. The standard InChI is InChI=1S/C32H32ClN5O5/c1-17-20(7-6-10-24(17)34-29(40)23-16-36(2)32(42)37(3)31(23)41)21-8-5-9-22(28(21)33)25-13-18-11-12-26(38-14-19(39)15-38)27(18)30(35-25)43-4/h5-10,13,16,19,26,39H,11-12,14-15H2,1-4H3,(H,34,40). The van der Waals surface area contributed by atoms with Crippen molar-refractivity contribution in [1.29, 1.82) is 0 Å². The lowest BCUT2D eigenvalue weighted by Crippen LogP contribution is -2.51. The second-order valence-corrected chi connectivity index (χ2v) is 11.5. The number of aryl methyl sites for hydroxylation is 2. The van der Waals surface area contributed by atoms with Crippen LogP contribution in [0.15, 0.2) is 58.3 Å². The van der Waals surface area contributed by atoms with Gasteiger partial charge in [-0.1, -0.05) is 41.9 Å². The number of ether oxygens (including phenoxy) is 1. The summed E-state index contributed by atoms with van der Waals surface area (Å²) in [4.78, 5) is 44.9. The number of nitrogens with zero attached hydrogens (tertiary/aromatic N) is 4. The van der Waals surface area contributed by atoms with Crippen molar-refractivity contribution in [1.82, 2.24) is 19.0 Å². The number of hydrogen-bond acceptors (Lipinski definition) is 7. The van der Waals surface area contributed by atoms with E-state index in [-0.39, 0.29) is 17.7 Å². The number of fused-ring (bicyclic) bond motifs is 1. The van der Waals surface area contributed by atoms with Crippen molar-refractivity contribution in [2.24, 2.45) is 14.1 Å². The Morgan fingerprint density at radius 3 is 2.51 bits per heavy atom. The summed E-state index contributed by atoms with van der Waals surface area (Å²) in [6.45, 7) is 3.18. The third-order valence-electron chi connectivity index (χ3n) is 8.49. The van der Waals surface area contributed by atoms with Crippen molar-refractivity contribution >= 4 is 23.2 Å². The molecular formula is C32H32ClN5O5. The van der Waals surface area contributed by atoms with E-state index in [0.29, 0.717) is 35.4 Å². The van der Waals surface area contributed by atoms with Gasteiger partial charge in [0, 0.05) is 61.8 Å². The second-order valence-electron chi connectivity index (χ2n) is 11.2. The number of hydrogen-bond donors (Lipinski definition) is 2. The first kappa shape index (κ1) is 28.9. The van der Waals surface area contributed by atoms with Gasteiger partial charge >= 0.3 is 5.69 Å². The Bertz CT molecular complexity index is 1890. The summed E-state index contributed by atoms with van der Waals surface area (Å²) in [6, 6.07) is 13.5. The fourth-order valence-corrected chi connectivity index (χ4v) is 6.46. The predicted octanol–water partition coefficient (Wildman–Crippen LogP) is 3.70. The molecule has 6 rings (SSSR count). The molecule has 2 N–H and O–H groups in total. The lowest BCUT2D eigenvalue weighted by atomic mass is 9.95. The van der Waals surface area contributed by atoms with E-state index in [0.717, 1.165) is 45.2 Å². The van der Waals surface area contributed by atoms with E-state index < -0.39 is 17.2 Å². The van der Waals surface area contributed by atoms with Gasteiger partial charge in [0.2, 0.25) is 5.88 Å². The highest BCUT2D eigenvalue weighted by Gasteiger charge is 2.38. The van der Waals surface area contributed by atoms with E-state index in [1.54, 1.807) is 13.2 Å². The molecule has 0 radical (unpaired) electrons. The minimum absolute atomic E-state index is 0.140. The number of aliphatic hydroxyl groups excluding tert-OH is 1. The van der Waals surface area contributed by atoms with Crippen molar-refractivity contribution < 1.29 is 14.6 Å². The number of carbonyl (C=O) groups is 1. The summed E-state index contributed by atoms with van der Waals surface area (Å²) >= 11 is 7.07. The van der Waals surface area contributed by atoms with Crippen LogP contribution in [-0.4, -0.2) is 56.3 Å². The Morgan fingerprint density at radius 2 is 1.79 bits per heavy atom. The lowest BCUT2D eigenvalue weighted by Gasteiger charge is -2.40. The quantitative estimate of drug-likeness (QED) is 0.346. The fraction of sp³-hybridized carbons (Fsp3) is 0.312. The Hall–Kier alpha value is -4.25. The van der Waals surface area contributed by atoms with Crippen LogP contribution in [0.3, 0.4) is 0 Å². The summed E-state index contributed by atoms with van der Waals surface area (Å²) in [6.07, 6.45) is 2.79. The predicted molar refractivity (Wildman–Crippen MR) is 165 cm³/mol. The topological polar surface area (TPSA) is 119 Å². The number of carbonyl (C=O) groups excluding carboxylic acids is 1. The fourth-order valence-electron chi connectivity index (χ4n) is 6.14. The largest absolute Gasteiger partial charge is 0.481 e. The van der Waals surface area contributed by atoms with E-state index in [1.165, 1.54) is 30.4 Å². The van der Waals surface area contributed by atoms with Crippen LogP contribution in [0.5, 0.6) is 5.88 Å². The van der Waals surface area contributed by atoms with Crippen LogP contribution in [0.1, 0.15) is 39.5 Å². The second kappa shape index (κ2) is 11.1. The Balaban J connectivity index is 1.34. The van der Waals surface area contributed by atoms with Gasteiger partial charge in [0.1, 0.15) is 5.56 Å². The van der Waals surface area contributed by atoms with Gasteiger partial charge in [-0.25, -0.2) is 9.78 Å². The normalized spacial score (nSPS) is 16.6. The van der Waals surface area contributed by atoms with Crippen molar-refractivity contribution in [2.45, 2.75) is 31.9 Å². The van der Waals surface area contributed by atoms with Crippen molar-refractivity contribution in [3.63, 3.8) is 0 Å². The number of methoxy groups -OCH3 is 1. The van der Waals surface area contributed by atoms with Gasteiger partial charge < -0.3 is 19.7 Å². The highest BCUT2D eigenvalue weighted by Crippen LogP contribution is 2.45. The molecule has 10 nitrogen and oxygen atoms in total. The number of aliphatic hydroxyl groups is 1. The molecule has 1 atom stereocenters. The first-order valence-corrected chi connectivity index (χ1v) is 14.4. The monoisotopic (exact) mass is 601 g/mol. The van der Waals surface area contributed by atoms with Crippen LogP contribution in [0, 0.1) is 6.92 Å². The Morgan fingerprint density at radius 1 is 1.09 bits per heavy atom. The molecule has 0 saturated carbocycles. The Labute approximate surface area is 253 Å². The zero-order chi connectivity index (χ0) is 30.6. The maximum absolute atomic E-state index is 13.1. The summed E-state index contributed by atoms with van der Waals surface area (Å²) in [5.74, 6) is -0.0416. The van der Waals surface area contributed by atoms with Gasteiger partial charge in [0.25, 0.3) is 11.5 Å². The SMILES string of the molecule is COc1nc(-c2cccc(-c3cccc(NC(=O)c4cn(C)c(=O)n(C)c4=O)c3C)c2Cl)cc2c1C(N1CC(O)C1)CC2. The number of aromatic nitrogens is 3. The molecular weight excluding hydrogens is 570 g/mol. The molecule has 0 spiro atoms. The van der Waals surface area contributed by atoms with Crippen LogP contribution in [0.4, 0.5) is 5.69 Å². The summed E-state index contributed by atoms with van der Waals surface area (Å²) < 4.78 is 7.86. The molecule has 1 saturated heterocycles. The number of β-amino-alcohol motifs (C(OH)–C–C–N with tert-alkyl or cyclic N) is 1. The number of halogens is 1. The number of nitrogens with one attached hydrogen (secondary N) is 1. The van der Waals surface area contributed by atoms with Gasteiger partial charge in [-0.3, -0.25) is 19.1 Å². The molecule has 1 amide bonds. The molecule has 0 bridgehead atoms. The minimum atomic E-state index is -0.670. The molecule has 11 heteroatoms. The average molecular weight is 602 g/mol. The molecule has 43 heavy (non-hydrogen) atoms. The zero-order valence-corrected chi connectivity index (χ0v) is 25.1. The number of anilines is 1. The van der Waals surface area contributed by atoms with Crippen LogP contribution in [0.25, 0.3) is 22.4 Å². The summed E-state index contributed by atoms with van der Waals surface area (Å²) in [5, 5.41) is 13.2. The third kappa shape index (κ3) is 4.95. The molecule has 2 aromatic carbocycles. The van der Waals surface area contributed by atoms with Crippen LogP contribution < -0.4 is 21.3 Å². The molecule has 2 aromatic heterocycles. The van der Waals surface area contributed by atoms with E-state index in [9.17, 15) is 19.5 Å².